The molecule has 2 N–H and O–H groups in total. The highest BCUT2D eigenvalue weighted by atomic mass is 16.2. The highest BCUT2D eigenvalue weighted by Crippen LogP contribution is 2.25. The molecule has 0 bridgehead atoms. The van der Waals surface area contributed by atoms with Crippen molar-refractivity contribution < 1.29 is 9.59 Å². The first-order valence-electron chi connectivity index (χ1n) is 8.95. The first kappa shape index (κ1) is 16.8. The zero-order chi connectivity index (χ0) is 18.3. The van der Waals surface area contributed by atoms with Crippen LogP contribution in [0.5, 0.6) is 0 Å². The average Bonchev–Trinajstić information content (AvgIpc) is 3.23. The predicted octanol–water partition coefficient (Wildman–Crippen LogP) is 0.664. The first-order valence-corrected chi connectivity index (χ1v) is 8.95. The van der Waals surface area contributed by atoms with E-state index in [0.717, 1.165) is 16.8 Å². The monoisotopic (exact) mass is 353 g/mol. The van der Waals surface area contributed by atoms with E-state index in [-0.39, 0.29) is 23.9 Å². The Balaban J connectivity index is 1.46. The molecule has 0 aliphatic carbocycles. The lowest BCUT2D eigenvalue weighted by molar-refractivity contribution is -0.146. The summed E-state index contributed by atoms with van der Waals surface area (Å²) in [5, 5.41) is 10.8. The summed E-state index contributed by atoms with van der Waals surface area (Å²) in [6, 6.07) is 9.41. The molecule has 2 aliphatic rings. The molecule has 136 valence electrons. The van der Waals surface area contributed by atoms with Gasteiger partial charge in [-0.2, -0.15) is 5.10 Å². The molecular formula is C19H23N5O2. The summed E-state index contributed by atoms with van der Waals surface area (Å²) >= 11 is 0. The Morgan fingerprint density at radius 1 is 1.27 bits per heavy atom. The Hall–Kier alpha value is -2.67. The molecule has 2 saturated heterocycles. The van der Waals surface area contributed by atoms with E-state index < -0.39 is 6.04 Å². The number of hydrogen-bond donors (Lipinski definition) is 2. The van der Waals surface area contributed by atoms with E-state index in [4.69, 9.17) is 0 Å². The molecule has 0 spiro atoms. The third kappa shape index (κ3) is 2.99. The predicted molar refractivity (Wildman–Crippen MR) is 97.0 cm³/mol. The van der Waals surface area contributed by atoms with Gasteiger partial charge in [0.1, 0.15) is 12.1 Å². The minimum atomic E-state index is -0.430. The molecule has 7 heteroatoms. The molecule has 0 radical (unpaired) electrons. The normalized spacial score (nSPS) is 25.3. The zero-order valence-electron chi connectivity index (χ0n) is 15.0. The number of hydrogen-bond acceptors (Lipinski definition) is 4. The second-order valence-electron chi connectivity index (χ2n) is 7.09. The second kappa shape index (κ2) is 6.57. The smallest absolute Gasteiger partial charge is 0.245 e. The lowest BCUT2D eigenvalue weighted by Crippen LogP contribution is -2.60. The minimum absolute atomic E-state index is 0.00486. The quantitative estimate of drug-likeness (QED) is 0.847. The van der Waals surface area contributed by atoms with Crippen molar-refractivity contribution in [2.24, 2.45) is 7.05 Å². The van der Waals surface area contributed by atoms with Gasteiger partial charge in [-0.05, 0) is 13.3 Å². The Morgan fingerprint density at radius 2 is 2.04 bits per heavy atom. The zero-order valence-corrected chi connectivity index (χ0v) is 15.0. The summed E-state index contributed by atoms with van der Waals surface area (Å²) in [5.41, 5.74) is 3.14. The van der Waals surface area contributed by atoms with Crippen LogP contribution < -0.4 is 10.6 Å². The number of fused-ring (bicyclic) bond motifs is 1. The fraction of sp³-hybridized carbons (Fsp3) is 0.421. The number of piperazine rings is 1. The van der Waals surface area contributed by atoms with Crippen molar-refractivity contribution in [2.45, 2.75) is 38.0 Å². The molecule has 4 rings (SSSR count). The van der Waals surface area contributed by atoms with Crippen LogP contribution in [0.3, 0.4) is 0 Å². The minimum Gasteiger partial charge on any atom is -0.343 e. The van der Waals surface area contributed by atoms with Crippen LogP contribution in [0.4, 0.5) is 0 Å². The van der Waals surface area contributed by atoms with E-state index in [1.165, 1.54) is 0 Å². The molecule has 1 aromatic carbocycles. The summed E-state index contributed by atoms with van der Waals surface area (Å²) in [6.07, 6.45) is 2.66. The fourth-order valence-corrected chi connectivity index (χ4v) is 3.86. The number of nitrogens with zero attached hydrogens (tertiary/aromatic N) is 3. The molecule has 2 amide bonds. The van der Waals surface area contributed by atoms with E-state index in [0.29, 0.717) is 19.5 Å². The van der Waals surface area contributed by atoms with Gasteiger partial charge >= 0.3 is 0 Å². The van der Waals surface area contributed by atoms with Crippen LogP contribution in [0, 0.1) is 0 Å². The van der Waals surface area contributed by atoms with Gasteiger partial charge in [-0.1, -0.05) is 30.3 Å². The molecule has 26 heavy (non-hydrogen) atoms. The third-order valence-corrected chi connectivity index (χ3v) is 5.15. The SMILES string of the molecule is C[C@H]1NC(=O)[C@@H]2C[C@H](NCc3cn(C)nc3-c3ccccc3)CN2C1=O. The summed E-state index contributed by atoms with van der Waals surface area (Å²) in [7, 11) is 1.91. The van der Waals surface area contributed by atoms with Gasteiger partial charge in [-0.15, -0.1) is 0 Å². The van der Waals surface area contributed by atoms with Crippen molar-refractivity contribution in [3.8, 4) is 11.3 Å². The Labute approximate surface area is 152 Å². The second-order valence-corrected chi connectivity index (χ2v) is 7.09. The number of benzene rings is 1. The van der Waals surface area contributed by atoms with Crippen LogP contribution >= 0.6 is 0 Å². The van der Waals surface area contributed by atoms with E-state index in [2.05, 4.69) is 15.7 Å². The highest BCUT2D eigenvalue weighted by molar-refractivity contribution is 5.97. The maximum atomic E-state index is 12.3. The van der Waals surface area contributed by atoms with Gasteiger partial charge in [0.25, 0.3) is 0 Å². The summed E-state index contributed by atoms with van der Waals surface area (Å²) in [6.45, 7) is 2.95. The van der Waals surface area contributed by atoms with Crippen LogP contribution in [0.25, 0.3) is 11.3 Å². The van der Waals surface area contributed by atoms with Crippen LogP contribution in [-0.2, 0) is 23.2 Å². The Kier molecular flexibility index (Phi) is 4.24. The number of aromatic nitrogens is 2. The number of amides is 2. The number of carbonyl (C=O) groups excluding carboxylic acids is 2. The molecule has 3 heterocycles. The number of carbonyl (C=O) groups is 2. The standard InChI is InChI=1S/C19H23N5O2/c1-12-19(26)24-11-15(8-16(24)18(25)21-12)20-9-14-10-23(2)22-17(14)13-6-4-3-5-7-13/h3-7,10,12,15-16,20H,8-9,11H2,1-2H3,(H,21,25)/t12-,15+,16+/m1/s1. The average molecular weight is 353 g/mol. The molecule has 0 saturated carbocycles. The largest absolute Gasteiger partial charge is 0.343 e. The van der Waals surface area contributed by atoms with Gasteiger partial charge in [-0.3, -0.25) is 14.3 Å². The molecule has 7 nitrogen and oxygen atoms in total. The molecule has 3 atom stereocenters. The molecule has 1 aromatic heterocycles. The fourth-order valence-electron chi connectivity index (χ4n) is 3.86. The van der Waals surface area contributed by atoms with E-state index in [9.17, 15) is 9.59 Å². The lowest BCUT2D eigenvalue weighted by atomic mass is 10.1. The summed E-state index contributed by atoms with van der Waals surface area (Å²) in [5.74, 6) is -0.0435. The van der Waals surface area contributed by atoms with Gasteiger partial charge in [0.05, 0.1) is 5.69 Å². The Morgan fingerprint density at radius 3 is 2.81 bits per heavy atom. The Bertz CT molecular complexity index is 832. The van der Waals surface area contributed by atoms with E-state index >= 15 is 0 Å². The van der Waals surface area contributed by atoms with Crippen molar-refractivity contribution in [2.75, 3.05) is 6.54 Å². The van der Waals surface area contributed by atoms with Crippen molar-refractivity contribution in [3.63, 3.8) is 0 Å². The summed E-state index contributed by atoms with van der Waals surface area (Å²) in [4.78, 5) is 26.1. The van der Waals surface area contributed by atoms with Crippen LogP contribution in [0.1, 0.15) is 18.9 Å². The van der Waals surface area contributed by atoms with Crippen molar-refractivity contribution in [1.29, 1.82) is 0 Å². The number of nitrogens with one attached hydrogen (secondary N) is 2. The molecule has 0 unspecified atom stereocenters. The molecular weight excluding hydrogens is 330 g/mol. The maximum Gasteiger partial charge on any atom is 0.245 e. The molecule has 2 aromatic rings. The van der Waals surface area contributed by atoms with Crippen LogP contribution in [0.15, 0.2) is 36.5 Å². The van der Waals surface area contributed by atoms with E-state index in [1.807, 2.05) is 48.3 Å². The lowest BCUT2D eigenvalue weighted by Gasteiger charge is -2.32. The van der Waals surface area contributed by atoms with Crippen LogP contribution in [0.2, 0.25) is 0 Å². The van der Waals surface area contributed by atoms with Crippen LogP contribution in [-0.4, -0.2) is 51.2 Å². The van der Waals surface area contributed by atoms with E-state index in [1.54, 1.807) is 11.8 Å². The third-order valence-electron chi connectivity index (χ3n) is 5.15. The maximum absolute atomic E-state index is 12.3. The van der Waals surface area contributed by atoms with Crippen molar-refractivity contribution in [3.05, 3.63) is 42.1 Å². The molecule has 2 aliphatic heterocycles. The molecule has 2 fully saturated rings. The van der Waals surface area contributed by atoms with Gasteiger partial charge < -0.3 is 15.5 Å². The van der Waals surface area contributed by atoms with Crippen molar-refractivity contribution >= 4 is 11.8 Å². The van der Waals surface area contributed by atoms with Gasteiger partial charge in [0, 0.05) is 43.5 Å². The van der Waals surface area contributed by atoms with Gasteiger partial charge in [0.15, 0.2) is 0 Å². The summed E-state index contributed by atoms with van der Waals surface area (Å²) < 4.78 is 1.82. The topological polar surface area (TPSA) is 79.3 Å². The van der Waals surface area contributed by atoms with Gasteiger partial charge in [-0.25, -0.2) is 0 Å². The first-order chi connectivity index (χ1) is 12.5. The van der Waals surface area contributed by atoms with Gasteiger partial charge in [0.2, 0.25) is 11.8 Å². The number of rotatable bonds is 4. The van der Waals surface area contributed by atoms with Crippen molar-refractivity contribution in [1.82, 2.24) is 25.3 Å². The number of aryl methyl sites for hydroxylation is 1. The highest BCUT2D eigenvalue weighted by Gasteiger charge is 2.44.